The molecular formula is C15H15ClO2. The van der Waals surface area contributed by atoms with Crippen molar-refractivity contribution in [2.24, 2.45) is 0 Å². The van der Waals surface area contributed by atoms with Gasteiger partial charge < -0.3 is 4.42 Å². The van der Waals surface area contributed by atoms with Gasteiger partial charge in [-0.3, -0.25) is 4.79 Å². The summed E-state index contributed by atoms with van der Waals surface area (Å²) in [6.45, 7) is 5.61. The second kappa shape index (κ2) is 4.99. The number of carbonyl (C=O) groups is 1. The first-order chi connectivity index (χ1) is 8.49. The molecule has 0 radical (unpaired) electrons. The molecule has 2 nitrogen and oxygen atoms in total. The molecule has 0 saturated heterocycles. The van der Waals surface area contributed by atoms with Crippen molar-refractivity contribution in [2.45, 2.75) is 27.2 Å². The summed E-state index contributed by atoms with van der Waals surface area (Å²) < 4.78 is 5.48. The van der Waals surface area contributed by atoms with Gasteiger partial charge in [0.15, 0.2) is 5.78 Å². The molecule has 0 N–H and O–H groups in total. The van der Waals surface area contributed by atoms with E-state index in [1.54, 1.807) is 6.07 Å². The lowest BCUT2D eigenvalue weighted by molar-refractivity contribution is 0.0991. The zero-order valence-corrected chi connectivity index (χ0v) is 11.5. The Balaban J connectivity index is 2.27. The van der Waals surface area contributed by atoms with Crippen molar-refractivity contribution >= 4 is 17.4 Å². The van der Waals surface area contributed by atoms with Gasteiger partial charge >= 0.3 is 0 Å². The molecule has 2 rings (SSSR count). The average Bonchev–Trinajstić information content (AvgIpc) is 2.53. The Morgan fingerprint density at radius 3 is 2.50 bits per heavy atom. The third kappa shape index (κ3) is 2.49. The largest absolute Gasteiger partial charge is 0.466 e. The number of carbonyl (C=O) groups excluding carboxylic acids is 1. The fourth-order valence-corrected chi connectivity index (χ4v) is 2.34. The Kier molecular flexibility index (Phi) is 3.58. The minimum Gasteiger partial charge on any atom is -0.466 e. The Morgan fingerprint density at radius 2 is 1.94 bits per heavy atom. The smallest absolute Gasteiger partial charge is 0.171 e. The van der Waals surface area contributed by atoms with Crippen LogP contribution in [0.25, 0.3) is 0 Å². The van der Waals surface area contributed by atoms with Gasteiger partial charge in [0.25, 0.3) is 0 Å². The van der Waals surface area contributed by atoms with Crippen LogP contribution in [0.1, 0.15) is 33.0 Å². The van der Waals surface area contributed by atoms with Crippen LogP contribution < -0.4 is 0 Å². The summed E-state index contributed by atoms with van der Waals surface area (Å²) in [5.74, 6) is 1.57. The lowest BCUT2D eigenvalue weighted by Gasteiger charge is -2.02. The Hall–Kier alpha value is -1.54. The molecule has 1 aromatic carbocycles. The lowest BCUT2D eigenvalue weighted by atomic mass is 10.00. The highest BCUT2D eigenvalue weighted by Crippen LogP contribution is 2.23. The summed E-state index contributed by atoms with van der Waals surface area (Å²) in [5, 5.41) is 0.650. The van der Waals surface area contributed by atoms with E-state index >= 15 is 0 Å². The molecule has 1 heterocycles. The highest BCUT2D eigenvalue weighted by atomic mass is 35.5. The molecule has 0 aliphatic heterocycles. The highest BCUT2D eigenvalue weighted by molar-refractivity contribution is 6.30. The molecule has 1 aromatic heterocycles. The number of furan rings is 1. The van der Waals surface area contributed by atoms with Crippen molar-refractivity contribution in [3.8, 4) is 0 Å². The van der Waals surface area contributed by atoms with Gasteiger partial charge in [-0.15, -0.1) is 0 Å². The van der Waals surface area contributed by atoms with Crippen LogP contribution in [0.5, 0.6) is 0 Å². The maximum atomic E-state index is 12.3. The van der Waals surface area contributed by atoms with Crippen LogP contribution in [0.2, 0.25) is 5.02 Å². The van der Waals surface area contributed by atoms with Crippen LogP contribution >= 0.6 is 11.6 Å². The lowest BCUT2D eigenvalue weighted by Crippen LogP contribution is -2.05. The summed E-state index contributed by atoms with van der Waals surface area (Å²) >= 11 is 5.91. The molecule has 0 atom stereocenters. The quantitative estimate of drug-likeness (QED) is 0.773. The molecule has 0 bridgehead atoms. The van der Waals surface area contributed by atoms with Crippen molar-refractivity contribution < 1.29 is 9.21 Å². The summed E-state index contributed by atoms with van der Waals surface area (Å²) in [6, 6.07) is 7.37. The Morgan fingerprint density at radius 1 is 1.22 bits per heavy atom. The number of hydrogen-bond acceptors (Lipinski definition) is 2. The summed E-state index contributed by atoms with van der Waals surface area (Å²) in [4.78, 5) is 12.3. The Bertz CT molecular complexity index is 597. The topological polar surface area (TPSA) is 30.2 Å². The molecule has 2 aromatic rings. The number of ketones is 1. The van der Waals surface area contributed by atoms with Crippen molar-refractivity contribution in [1.82, 2.24) is 0 Å². The van der Waals surface area contributed by atoms with Gasteiger partial charge in [0, 0.05) is 17.0 Å². The standard InChI is InChI=1S/C15H15ClO2/c1-9-10(2)18-11(3)15(9)14(17)8-12-5-4-6-13(16)7-12/h4-7H,8H2,1-3H3. The van der Waals surface area contributed by atoms with Gasteiger partial charge in [-0.25, -0.2) is 0 Å². The first-order valence-electron chi connectivity index (χ1n) is 5.83. The summed E-state index contributed by atoms with van der Waals surface area (Å²) in [6.07, 6.45) is 0.348. The van der Waals surface area contributed by atoms with Gasteiger partial charge in [0.05, 0.1) is 5.56 Å². The zero-order chi connectivity index (χ0) is 13.3. The molecule has 0 spiro atoms. The van der Waals surface area contributed by atoms with Gasteiger partial charge in [0.1, 0.15) is 11.5 Å². The summed E-state index contributed by atoms with van der Waals surface area (Å²) in [7, 11) is 0. The van der Waals surface area contributed by atoms with Crippen LogP contribution in [-0.4, -0.2) is 5.78 Å². The van der Waals surface area contributed by atoms with E-state index in [1.165, 1.54) is 0 Å². The van der Waals surface area contributed by atoms with Crippen LogP contribution in [-0.2, 0) is 6.42 Å². The molecule has 0 fully saturated rings. The van der Waals surface area contributed by atoms with E-state index < -0.39 is 0 Å². The van der Waals surface area contributed by atoms with Crippen molar-refractivity contribution in [3.63, 3.8) is 0 Å². The molecule has 18 heavy (non-hydrogen) atoms. The van der Waals surface area contributed by atoms with Crippen molar-refractivity contribution in [1.29, 1.82) is 0 Å². The fraction of sp³-hybridized carbons (Fsp3) is 0.267. The molecule has 0 aliphatic rings. The molecular weight excluding hydrogens is 248 g/mol. The predicted octanol–water partition coefficient (Wildman–Crippen LogP) is 4.28. The number of halogens is 1. The molecule has 94 valence electrons. The number of aryl methyl sites for hydroxylation is 2. The van der Waals surface area contributed by atoms with Crippen molar-refractivity contribution in [3.05, 3.63) is 57.5 Å². The first-order valence-corrected chi connectivity index (χ1v) is 6.21. The van der Waals surface area contributed by atoms with Gasteiger partial charge in [-0.05, 0) is 38.5 Å². The minimum absolute atomic E-state index is 0.0733. The number of benzene rings is 1. The Labute approximate surface area is 112 Å². The zero-order valence-electron chi connectivity index (χ0n) is 10.7. The third-order valence-corrected chi connectivity index (χ3v) is 3.33. The maximum Gasteiger partial charge on any atom is 0.171 e. The van der Waals surface area contributed by atoms with Crippen LogP contribution in [0.15, 0.2) is 28.7 Å². The minimum atomic E-state index is 0.0733. The monoisotopic (exact) mass is 262 g/mol. The second-order valence-corrected chi connectivity index (χ2v) is 4.88. The van der Waals surface area contributed by atoms with E-state index in [-0.39, 0.29) is 5.78 Å². The molecule has 0 saturated carbocycles. The van der Waals surface area contributed by atoms with E-state index in [9.17, 15) is 4.79 Å². The molecule has 3 heteroatoms. The SMILES string of the molecule is Cc1oc(C)c(C(=O)Cc2cccc(Cl)c2)c1C. The van der Waals surface area contributed by atoms with Crippen LogP contribution in [0.4, 0.5) is 0 Å². The van der Waals surface area contributed by atoms with Crippen molar-refractivity contribution in [2.75, 3.05) is 0 Å². The number of Topliss-reactive ketones (excluding diaryl/α,β-unsaturated/α-hetero) is 1. The van der Waals surface area contributed by atoms with Gasteiger partial charge in [-0.1, -0.05) is 23.7 Å². The van der Waals surface area contributed by atoms with Crippen LogP contribution in [0, 0.1) is 20.8 Å². The third-order valence-electron chi connectivity index (χ3n) is 3.09. The average molecular weight is 263 g/mol. The summed E-state index contributed by atoms with van der Waals surface area (Å²) in [5.41, 5.74) is 2.55. The fourth-order valence-electron chi connectivity index (χ4n) is 2.12. The number of hydrogen-bond donors (Lipinski definition) is 0. The maximum absolute atomic E-state index is 12.3. The van der Waals surface area contributed by atoms with E-state index in [1.807, 2.05) is 39.0 Å². The normalized spacial score (nSPS) is 10.7. The molecule has 0 unspecified atom stereocenters. The van der Waals surface area contributed by atoms with Crippen LogP contribution in [0.3, 0.4) is 0 Å². The predicted molar refractivity (Wildman–Crippen MR) is 72.4 cm³/mol. The first kappa shape index (κ1) is 12.9. The number of rotatable bonds is 3. The second-order valence-electron chi connectivity index (χ2n) is 4.44. The van der Waals surface area contributed by atoms with E-state index in [0.717, 1.165) is 16.9 Å². The molecule has 0 amide bonds. The van der Waals surface area contributed by atoms with E-state index in [0.29, 0.717) is 22.8 Å². The molecule has 0 aliphatic carbocycles. The van der Waals surface area contributed by atoms with E-state index in [2.05, 4.69) is 0 Å². The highest BCUT2D eigenvalue weighted by Gasteiger charge is 2.18. The van der Waals surface area contributed by atoms with Gasteiger partial charge in [0.2, 0.25) is 0 Å². The van der Waals surface area contributed by atoms with E-state index in [4.69, 9.17) is 16.0 Å². The van der Waals surface area contributed by atoms with Gasteiger partial charge in [-0.2, -0.15) is 0 Å².